The first-order valence-electron chi connectivity index (χ1n) is 5.92. The van der Waals surface area contributed by atoms with E-state index in [0.29, 0.717) is 18.6 Å². The van der Waals surface area contributed by atoms with E-state index in [4.69, 9.17) is 0 Å². The molecule has 1 heterocycles. The molecule has 0 amide bonds. The zero-order chi connectivity index (χ0) is 11.6. The van der Waals surface area contributed by atoms with Gasteiger partial charge in [-0.3, -0.25) is 0 Å². The summed E-state index contributed by atoms with van der Waals surface area (Å²) in [6, 6.07) is 1.20. The van der Waals surface area contributed by atoms with Crippen LogP contribution in [0.2, 0.25) is 0 Å². The molecule has 0 aromatic carbocycles. The summed E-state index contributed by atoms with van der Waals surface area (Å²) in [7, 11) is 2.16. The van der Waals surface area contributed by atoms with Crippen molar-refractivity contribution in [2.24, 2.45) is 5.41 Å². The molecule has 0 aliphatic carbocycles. The Hall–Kier alpha value is -0.120. The molecule has 0 aromatic rings. The number of rotatable bonds is 3. The predicted molar refractivity (Wildman–Crippen MR) is 64.0 cm³/mol. The fourth-order valence-corrected chi connectivity index (χ4v) is 1.93. The van der Waals surface area contributed by atoms with Crippen molar-refractivity contribution in [3.8, 4) is 0 Å². The smallest absolute Gasteiger partial charge is 0.0712 e. The predicted octanol–water partition coefficient (Wildman–Crippen LogP) is 1.08. The Kier molecular flexibility index (Phi) is 4.15. The summed E-state index contributed by atoms with van der Waals surface area (Å²) in [4.78, 5) is 2.36. The van der Waals surface area contributed by atoms with Gasteiger partial charge in [-0.1, -0.05) is 20.8 Å². The molecule has 0 saturated carbocycles. The molecule has 1 saturated heterocycles. The van der Waals surface area contributed by atoms with Gasteiger partial charge in [-0.05, 0) is 25.8 Å². The normalized spacial score (nSPS) is 30.8. The van der Waals surface area contributed by atoms with E-state index < -0.39 is 0 Å². The second-order valence-corrected chi connectivity index (χ2v) is 6.01. The summed E-state index contributed by atoms with van der Waals surface area (Å²) < 4.78 is 0. The monoisotopic (exact) mass is 214 g/mol. The zero-order valence-electron chi connectivity index (χ0n) is 10.7. The number of hydrogen-bond acceptors (Lipinski definition) is 3. The summed E-state index contributed by atoms with van der Waals surface area (Å²) in [6.07, 6.45) is 0.923. The van der Waals surface area contributed by atoms with E-state index in [-0.39, 0.29) is 11.5 Å². The molecule has 0 aromatic heterocycles. The summed E-state index contributed by atoms with van der Waals surface area (Å²) in [5.41, 5.74) is -0.0247. The summed E-state index contributed by atoms with van der Waals surface area (Å²) >= 11 is 0. The number of likely N-dealkylation sites (N-methyl/N-ethyl adjacent to an activating group) is 1. The Morgan fingerprint density at radius 3 is 2.47 bits per heavy atom. The van der Waals surface area contributed by atoms with E-state index in [2.05, 4.69) is 45.0 Å². The maximum Gasteiger partial charge on any atom is 0.0712 e. The minimum atomic E-state index is -0.265. The number of aliphatic hydroxyl groups excluding tert-OH is 1. The fraction of sp³-hybridized carbons (Fsp3) is 1.00. The van der Waals surface area contributed by atoms with E-state index in [1.54, 1.807) is 0 Å². The van der Waals surface area contributed by atoms with Gasteiger partial charge in [-0.2, -0.15) is 0 Å². The molecule has 90 valence electrons. The molecule has 1 fully saturated rings. The van der Waals surface area contributed by atoms with Crippen molar-refractivity contribution >= 4 is 0 Å². The average molecular weight is 214 g/mol. The number of hydrogen-bond donors (Lipinski definition) is 2. The van der Waals surface area contributed by atoms with Gasteiger partial charge in [-0.15, -0.1) is 0 Å². The van der Waals surface area contributed by atoms with Crippen LogP contribution in [0.5, 0.6) is 0 Å². The average Bonchev–Trinajstić information content (AvgIpc) is 2.41. The van der Waals surface area contributed by atoms with Gasteiger partial charge in [0.15, 0.2) is 0 Å². The van der Waals surface area contributed by atoms with Crippen LogP contribution in [0.25, 0.3) is 0 Å². The lowest BCUT2D eigenvalue weighted by Gasteiger charge is -2.27. The fourth-order valence-electron chi connectivity index (χ4n) is 1.93. The number of likely N-dealkylation sites (tertiary alicyclic amines) is 1. The van der Waals surface area contributed by atoms with Gasteiger partial charge in [0.2, 0.25) is 0 Å². The first kappa shape index (κ1) is 12.9. The summed E-state index contributed by atoms with van der Waals surface area (Å²) in [6.45, 7) is 10.3. The molecule has 3 atom stereocenters. The second-order valence-electron chi connectivity index (χ2n) is 6.01. The van der Waals surface area contributed by atoms with Crippen LogP contribution in [-0.4, -0.2) is 48.3 Å². The van der Waals surface area contributed by atoms with Crippen LogP contribution in [-0.2, 0) is 0 Å². The van der Waals surface area contributed by atoms with Gasteiger partial charge in [0.25, 0.3) is 0 Å². The number of aliphatic hydroxyl groups is 1. The lowest BCUT2D eigenvalue weighted by Crippen LogP contribution is -2.42. The summed E-state index contributed by atoms with van der Waals surface area (Å²) in [5.74, 6) is 0. The first-order valence-corrected chi connectivity index (χ1v) is 5.92. The van der Waals surface area contributed by atoms with Crippen LogP contribution in [0.4, 0.5) is 0 Å². The van der Waals surface area contributed by atoms with E-state index in [1.807, 2.05) is 0 Å². The van der Waals surface area contributed by atoms with Crippen LogP contribution < -0.4 is 5.32 Å². The second kappa shape index (κ2) is 4.81. The molecule has 0 bridgehead atoms. The lowest BCUT2D eigenvalue weighted by atomic mass is 9.89. The molecule has 1 aliphatic heterocycles. The molecule has 2 N–H and O–H groups in total. The molecular weight excluding hydrogens is 188 g/mol. The van der Waals surface area contributed by atoms with Crippen LogP contribution >= 0.6 is 0 Å². The van der Waals surface area contributed by atoms with Crippen molar-refractivity contribution < 1.29 is 5.11 Å². The third kappa shape index (κ3) is 3.74. The molecule has 1 aliphatic rings. The third-order valence-electron chi connectivity index (χ3n) is 3.49. The van der Waals surface area contributed by atoms with Gasteiger partial charge in [0, 0.05) is 25.2 Å². The van der Waals surface area contributed by atoms with Crippen molar-refractivity contribution in [3.05, 3.63) is 0 Å². The number of nitrogens with one attached hydrogen (secondary N) is 1. The quantitative estimate of drug-likeness (QED) is 0.738. The van der Waals surface area contributed by atoms with E-state index in [0.717, 1.165) is 6.54 Å². The van der Waals surface area contributed by atoms with Crippen molar-refractivity contribution in [1.82, 2.24) is 10.2 Å². The maximum absolute atomic E-state index is 9.90. The molecule has 3 unspecified atom stereocenters. The Bertz CT molecular complexity index is 190. The van der Waals surface area contributed by atoms with Crippen LogP contribution in [0.3, 0.4) is 0 Å². The zero-order valence-corrected chi connectivity index (χ0v) is 10.7. The highest BCUT2D eigenvalue weighted by molar-refractivity contribution is 4.86. The molecule has 3 nitrogen and oxygen atoms in total. The molecule has 3 heteroatoms. The molecule has 1 rings (SSSR count). The summed E-state index contributed by atoms with van der Waals surface area (Å²) in [5, 5.41) is 13.4. The highest BCUT2D eigenvalue weighted by Gasteiger charge is 2.28. The Labute approximate surface area is 93.9 Å². The van der Waals surface area contributed by atoms with Crippen molar-refractivity contribution in [3.63, 3.8) is 0 Å². The largest absolute Gasteiger partial charge is 0.391 e. The SMILES string of the molecule is CC1CC(NCC(O)C(C)(C)C)CN1C. The molecule has 15 heavy (non-hydrogen) atoms. The number of nitrogens with zero attached hydrogens (tertiary/aromatic N) is 1. The van der Waals surface area contributed by atoms with Crippen molar-refractivity contribution in [2.45, 2.75) is 52.3 Å². The van der Waals surface area contributed by atoms with Gasteiger partial charge >= 0.3 is 0 Å². The topological polar surface area (TPSA) is 35.5 Å². The van der Waals surface area contributed by atoms with E-state index in [1.165, 1.54) is 6.42 Å². The Morgan fingerprint density at radius 1 is 1.47 bits per heavy atom. The maximum atomic E-state index is 9.90. The molecular formula is C12H26N2O. The molecule has 0 spiro atoms. The van der Waals surface area contributed by atoms with Gasteiger partial charge < -0.3 is 15.3 Å². The highest BCUT2D eigenvalue weighted by atomic mass is 16.3. The Balaban J connectivity index is 2.27. The van der Waals surface area contributed by atoms with Crippen molar-refractivity contribution in [1.29, 1.82) is 0 Å². The standard InChI is InChI=1S/C12H26N2O/c1-9-6-10(8-14(9)5)13-7-11(15)12(2,3)4/h9-11,13,15H,6-8H2,1-5H3. The minimum Gasteiger partial charge on any atom is -0.391 e. The van der Waals surface area contributed by atoms with Crippen molar-refractivity contribution in [2.75, 3.05) is 20.1 Å². The van der Waals surface area contributed by atoms with Crippen LogP contribution in [0.15, 0.2) is 0 Å². The minimum absolute atomic E-state index is 0.0247. The van der Waals surface area contributed by atoms with Crippen LogP contribution in [0, 0.1) is 5.41 Å². The van der Waals surface area contributed by atoms with Gasteiger partial charge in [0.05, 0.1) is 6.10 Å². The third-order valence-corrected chi connectivity index (χ3v) is 3.49. The van der Waals surface area contributed by atoms with Crippen LogP contribution in [0.1, 0.15) is 34.1 Å². The Morgan fingerprint density at radius 2 is 2.07 bits per heavy atom. The molecule has 0 radical (unpaired) electrons. The lowest BCUT2D eigenvalue weighted by molar-refractivity contribution is 0.0607. The first-order chi connectivity index (χ1) is 6.80. The van der Waals surface area contributed by atoms with Gasteiger partial charge in [-0.25, -0.2) is 0 Å². The highest BCUT2D eigenvalue weighted by Crippen LogP contribution is 2.19. The van der Waals surface area contributed by atoms with E-state index in [9.17, 15) is 5.11 Å². The van der Waals surface area contributed by atoms with E-state index >= 15 is 0 Å². The van der Waals surface area contributed by atoms with Gasteiger partial charge in [0.1, 0.15) is 0 Å².